The normalized spacial score (nSPS) is 15.6. The van der Waals surface area contributed by atoms with Crippen LogP contribution in [0.2, 0.25) is 0 Å². The third-order valence-corrected chi connectivity index (χ3v) is 3.62. The molecule has 4 nitrogen and oxygen atoms in total. The van der Waals surface area contributed by atoms with Gasteiger partial charge in [-0.2, -0.15) is 0 Å². The summed E-state index contributed by atoms with van der Waals surface area (Å²) in [5.74, 6) is -0.991. The number of benzene rings is 1. The fourth-order valence-electron chi connectivity index (χ4n) is 2.67. The molecule has 0 fully saturated rings. The van der Waals surface area contributed by atoms with E-state index in [1.165, 1.54) is 6.07 Å². The molecular weight excluding hydrogens is 247 g/mol. The monoisotopic (exact) mass is 262 g/mol. The quantitative estimate of drug-likeness (QED) is 0.921. The van der Waals surface area contributed by atoms with E-state index in [4.69, 9.17) is 5.11 Å². The first-order valence-corrected chi connectivity index (χ1v) is 6.35. The highest BCUT2D eigenvalue weighted by atomic mass is 19.1. The Morgan fingerprint density at radius 2 is 2.16 bits per heavy atom. The molecule has 2 heterocycles. The second-order valence-corrected chi connectivity index (χ2v) is 4.91. The van der Waals surface area contributed by atoms with Crippen LogP contribution in [0.25, 0.3) is 10.9 Å². The molecule has 1 N–H and O–H groups in total. The molecule has 1 aromatic carbocycles. The van der Waals surface area contributed by atoms with E-state index in [9.17, 15) is 9.18 Å². The predicted octanol–water partition coefficient (Wildman–Crippen LogP) is 2.07. The van der Waals surface area contributed by atoms with Crippen LogP contribution in [0.1, 0.15) is 12.1 Å². The van der Waals surface area contributed by atoms with Gasteiger partial charge in [0.15, 0.2) is 0 Å². The molecule has 1 aliphatic heterocycles. The first kappa shape index (κ1) is 12.2. The van der Waals surface area contributed by atoms with E-state index >= 15 is 0 Å². The molecule has 0 amide bonds. The Balaban J connectivity index is 1.85. The van der Waals surface area contributed by atoms with Gasteiger partial charge in [0.05, 0.1) is 11.9 Å². The average molecular weight is 262 g/mol. The first-order valence-electron chi connectivity index (χ1n) is 6.35. The lowest BCUT2D eigenvalue weighted by Crippen LogP contribution is -2.34. The van der Waals surface area contributed by atoms with Crippen molar-refractivity contribution in [2.45, 2.75) is 19.5 Å². The molecule has 19 heavy (non-hydrogen) atoms. The molecular formula is C14H15FN2O2. The Morgan fingerprint density at radius 1 is 1.32 bits per heavy atom. The van der Waals surface area contributed by atoms with Gasteiger partial charge in [0.2, 0.25) is 0 Å². The van der Waals surface area contributed by atoms with Crippen molar-refractivity contribution in [3.05, 3.63) is 35.8 Å². The molecule has 100 valence electrons. The Hall–Kier alpha value is -1.88. The molecule has 5 heteroatoms. The number of carbonyl (C=O) groups is 1. The maximum Gasteiger partial charge on any atom is 0.304 e. The Kier molecular flexibility index (Phi) is 2.98. The highest BCUT2D eigenvalue weighted by molar-refractivity contribution is 5.81. The van der Waals surface area contributed by atoms with E-state index in [1.807, 2.05) is 0 Å². The SMILES string of the molecule is O=C(O)CCN1CCn2c(cc3ccc(F)cc32)C1. The van der Waals surface area contributed by atoms with Crippen LogP contribution in [0, 0.1) is 5.82 Å². The highest BCUT2D eigenvalue weighted by Crippen LogP contribution is 2.24. The molecule has 0 spiro atoms. The molecule has 0 saturated heterocycles. The first-order chi connectivity index (χ1) is 9.13. The van der Waals surface area contributed by atoms with Crippen LogP contribution in [0.3, 0.4) is 0 Å². The molecule has 1 aliphatic rings. The summed E-state index contributed by atoms with van der Waals surface area (Å²) in [7, 11) is 0. The summed E-state index contributed by atoms with van der Waals surface area (Å²) >= 11 is 0. The van der Waals surface area contributed by atoms with Gasteiger partial charge in [-0.25, -0.2) is 4.39 Å². The van der Waals surface area contributed by atoms with Gasteiger partial charge >= 0.3 is 5.97 Å². The van der Waals surface area contributed by atoms with Gasteiger partial charge in [-0.3, -0.25) is 9.69 Å². The van der Waals surface area contributed by atoms with Crippen molar-refractivity contribution in [1.29, 1.82) is 0 Å². The van der Waals surface area contributed by atoms with Crippen LogP contribution in [-0.2, 0) is 17.9 Å². The minimum absolute atomic E-state index is 0.162. The van der Waals surface area contributed by atoms with Crippen LogP contribution in [0.15, 0.2) is 24.3 Å². The van der Waals surface area contributed by atoms with Crippen LogP contribution in [-0.4, -0.2) is 33.6 Å². The predicted molar refractivity (Wildman–Crippen MR) is 69.4 cm³/mol. The summed E-state index contributed by atoms with van der Waals surface area (Å²) in [6.07, 6.45) is 0.162. The van der Waals surface area contributed by atoms with Crippen molar-refractivity contribution in [3.63, 3.8) is 0 Å². The number of aromatic nitrogens is 1. The summed E-state index contributed by atoms with van der Waals surface area (Å²) in [5.41, 5.74) is 2.05. The van der Waals surface area contributed by atoms with Crippen molar-refractivity contribution in [2.75, 3.05) is 13.1 Å². The molecule has 0 radical (unpaired) electrons. The van der Waals surface area contributed by atoms with E-state index in [0.717, 1.165) is 36.2 Å². The Morgan fingerprint density at radius 3 is 2.95 bits per heavy atom. The highest BCUT2D eigenvalue weighted by Gasteiger charge is 2.19. The number of halogens is 1. The number of rotatable bonds is 3. The van der Waals surface area contributed by atoms with Gasteiger partial charge in [0.1, 0.15) is 5.82 Å². The maximum atomic E-state index is 13.3. The third kappa shape index (κ3) is 2.33. The van der Waals surface area contributed by atoms with Gasteiger partial charge in [0, 0.05) is 37.3 Å². The smallest absolute Gasteiger partial charge is 0.304 e. The summed E-state index contributed by atoms with van der Waals surface area (Å²) < 4.78 is 15.4. The molecule has 0 unspecified atom stereocenters. The second kappa shape index (κ2) is 4.66. The summed E-state index contributed by atoms with van der Waals surface area (Å²) in [5, 5.41) is 9.75. The molecule has 0 atom stereocenters. The summed E-state index contributed by atoms with van der Waals surface area (Å²) in [6.45, 7) is 2.87. The number of hydrogen-bond acceptors (Lipinski definition) is 2. The van der Waals surface area contributed by atoms with Gasteiger partial charge in [-0.15, -0.1) is 0 Å². The van der Waals surface area contributed by atoms with E-state index in [2.05, 4.69) is 15.5 Å². The van der Waals surface area contributed by atoms with Crippen molar-refractivity contribution in [1.82, 2.24) is 9.47 Å². The van der Waals surface area contributed by atoms with E-state index in [1.54, 1.807) is 12.1 Å². The summed E-state index contributed by atoms with van der Waals surface area (Å²) in [4.78, 5) is 12.7. The van der Waals surface area contributed by atoms with Crippen molar-refractivity contribution in [2.24, 2.45) is 0 Å². The number of hydrogen-bond donors (Lipinski definition) is 1. The van der Waals surface area contributed by atoms with Crippen LogP contribution in [0.5, 0.6) is 0 Å². The minimum Gasteiger partial charge on any atom is -0.481 e. The topological polar surface area (TPSA) is 45.5 Å². The van der Waals surface area contributed by atoms with E-state index in [0.29, 0.717) is 6.54 Å². The molecule has 0 saturated carbocycles. The zero-order valence-corrected chi connectivity index (χ0v) is 10.5. The molecule has 0 bridgehead atoms. The number of carboxylic acid groups (broad SMARTS) is 1. The van der Waals surface area contributed by atoms with E-state index in [-0.39, 0.29) is 12.2 Å². The maximum absolute atomic E-state index is 13.3. The fraction of sp³-hybridized carbons (Fsp3) is 0.357. The average Bonchev–Trinajstić information content (AvgIpc) is 2.73. The Bertz CT molecular complexity index is 636. The zero-order chi connectivity index (χ0) is 13.4. The lowest BCUT2D eigenvalue weighted by molar-refractivity contribution is -0.137. The largest absolute Gasteiger partial charge is 0.481 e. The number of fused-ring (bicyclic) bond motifs is 3. The minimum atomic E-state index is -0.770. The van der Waals surface area contributed by atoms with Crippen LogP contribution < -0.4 is 0 Å². The molecule has 1 aromatic heterocycles. The summed E-state index contributed by atoms with van der Waals surface area (Å²) in [6, 6.07) is 6.88. The zero-order valence-electron chi connectivity index (χ0n) is 10.5. The fourth-order valence-corrected chi connectivity index (χ4v) is 2.67. The van der Waals surface area contributed by atoms with E-state index < -0.39 is 5.97 Å². The lowest BCUT2D eigenvalue weighted by atomic mass is 10.2. The van der Waals surface area contributed by atoms with Gasteiger partial charge < -0.3 is 9.67 Å². The van der Waals surface area contributed by atoms with Crippen molar-refractivity contribution in [3.8, 4) is 0 Å². The molecule has 2 aromatic rings. The van der Waals surface area contributed by atoms with Gasteiger partial charge in [0.25, 0.3) is 0 Å². The third-order valence-electron chi connectivity index (χ3n) is 3.62. The van der Waals surface area contributed by atoms with Crippen molar-refractivity contribution < 1.29 is 14.3 Å². The molecule has 0 aliphatic carbocycles. The Labute approximate surface area is 110 Å². The second-order valence-electron chi connectivity index (χ2n) is 4.91. The number of nitrogens with zero attached hydrogens (tertiary/aromatic N) is 2. The van der Waals surface area contributed by atoms with Crippen LogP contribution in [0.4, 0.5) is 4.39 Å². The number of carboxylic acids is 1. The van der Waals surface area contributed by atoms with Crippen molar-refractivity contribution >= 4 is 16.9 Å². The lowest BCUT2D eigenvalue weighted by Gasteiger charge is -2.28. The van der Waals surface area contributed by atoms with Gasteiger partial charge in [-0.05, 0) is 24.3 Å². The van der Waals surface area contributed by atoms with Gasteiger partial charge in [-0.1, -0.05) is 0 Å². The van der Waals surface area contributed by atoms with Crippen LogP contribution >= 0.6 is 0 Å². The molecule has 3 rings (SSSR count). The standard InChI is InChI=1S/C14H15FN2O2/c15-11-2-1-10-7-12-9-16(4-3-14(18)19)5-6-17(12)13(10)8-11/h1-2,7-8H,3-6,9H2,(H,18,19). The number of aliphatic carboxylic acids is 1.